The Hall–Kier alpha value is -3.77. The highest BCUT2D eigenvalue weighted by atomic mass is 16.5. The zero-order valence-electron chi connectivity index (χ0n) is 17.6. The molecule has 0 atom stereocenters. The Balaban J connectivity index is 1.74. The first-order valence-corrected chi connectivity index (χ1v) is 10.1. The number of hydrogen-bond donors (Lipinski definition) is 1. The van der Waals surface area contributed by atoms with Gasteiger partial charge in [0.2, 0.25) is 0 Å². The molecule has 0 aliphatic heterocycles. The molecule has 0 amide bonds. The van der Waals surface area contributed by atoms with E-state index in [1.165, 1.54) is 0 Å². The Kier molecular flexibility index (Phi) is 6.19. The van der Waals surface area contributed by atoms with E-state index in [2.05, 4.69) is 15.0 Å². The molecule has 1 aromatic heterocycles. The van der Waals surface area contributed by atoms with E-state index >= 15 is 0 Å². The van der Waals surface area contributed by atoms with E-state index in [1.54, 1.807) is 12.1 Å². The van der Waals surface area contributed by atoms with Gasteiger partial charge in [-0.3, -0.25) is 0 Å². The number of hydrogen-bond acceptors (Lipinski definition) is 6. The summed E-state index contributed by atoms with van der Waals surface area (Å²) in [5, 5.41) is 10.7. The summed E-state index contributed by atoms with van der Waals surface area (Å²) in [7, 11) is 3.97. The quantitative estimate of drug-likeness (QED) is 0.481. The van der Waals surface area contributed by atoms with Crippen molar-refractivity contribution in [3.05, 3.63) is 78.9 Å². The normalized spacial score (nSPS) is 10.9. The fraction of sp³-hybridized carbons (Fsp3) is 0.160. The van der Waals surface area contributed by atoms with Crippen LogP contribution in [0.1, 0.15) is 0 Å². The molecule has 6 heteroatoms. The van der Waals surface area contributed by atoms with Crippen LogP contribution in [0.5, 0.6) is 11.5 Å². The van der Waals surface area contributed by atoms with E-state index in [9.17, 15) is 5.11 Å². The van der Waals surface area contributed by atoms with Crippen LogP contribution in [0.2, 0.25) is 0 Å². The van der Waals surface area contributed by atoms with Crippen molar-refractivity contribution in [1.82, 2.24) is 19.9 Å². The zero-order chi connectivity index (χ0) is 21.6. The van der Waals surface area contributed by atoms with Gasteiger partial charge in [-0.05, 0) is 26.2 Å². The van der Waals surface area contributed by atoms with Gasteiger partial charge >= 0.3 is 0 Å². The van der Waals surface area contributed by atoms with Gasteiger partial charge in [0.05, 0.1) is 5.56 Å². The number of aromatic nitrogens is 3. The molecule has 0 fully saturated rings. The van der Waals surface area contributed by atoms with E-state index in [1.807, 2.05) is 85.7 Å². The van der Waals surface area contributed by atoms with Crippen LogP contribution in [-0.2, 0) is 0 Å². The topological polar surface area (TPSA) is 71.4 Å². The number of rotatable bonds is 7. The fourth-order valence-electron chi connectivity index (χ4n) is 3.07. The van der Waals surface area contributed by atoms with Gasteiger partial charge in [-0.2, -0.15) is 0 Å². The van der Waals surface area contributed by atoms with E-state index in [4.69, 9.17) is 4.74 Å². The minimum absolute atomic E-state index is 0.0616. The van der Waals surface area contributed by atoms with Crippen molar-refractivity contribution in [2.24, 2.45) is 0 Å². The highest BCUT2D eigenvalue weighted by Crippen LogP contribution is 2.32. The first-order chi connectivity index (χ1) is 15.1. The second-order valence-corrected chi connectivity index (χ2v) is 7.37. The van der Waals surface area contributed by atoms with Gasteiger partial charge in [-0.15, -0.1) is 0 Å². The molecule has 0 bridgehead atoms. The molecule has 0 aliphatic carbocycles. The lowest BCUT2D eigenvalue weighted by atomic mass is 10.1. The van der Waals surface area contributed by atoms with Gasteiger partial charge in [0, 0.05) is 23.7 Å². The summed E-state index contributed by atoms with van der Waals surface area (Å²) in [6.07, 6.45) is 0. The van der Waals surface area contributed by atoms with Crippen molar-refractivity contribution in [3.8, 4) is 45.7 Å². The zero-order valence-corrected chi connectivity index (χ0v) is 17.6. The molecule has 156 valence electrons. The predicted molar refractivity (Wildman–Crippen MR) is 122 cm³/mol. The molecule has 6 nitrogen and oxygen atoms in total. The standard InChI is InChI=1S/C25H24N4O2/c1-29(2)15-16-31-20-13-14-21(22(30)17-20)25-27-23(18-9-5-3-6-10-18)26-24(28-25)19-11-7-4-8-12-19/h3-14,17,30H,15-16H2,1-2H3. The Labute approximate surface area is 181 Å². The number of benzene rings is 3. The minimum Gasteiger partial charge on any atom is -0.507 e. The second kappa shape index (κ2) is 9.36. The van der Waals surface area contributed by atoms with Crippen LogP contribution >= 0.6 is 0 Å². The van der Waals surface area contributed by atoms with E-state index < -0.39 is 0 Å². The first-order valence-electron chi connectivity index (χ1n) is 10.1. The third-order valence-corrected chi connectivity index (χ3v) is 4.72. The van der Waals surface area contributed by atoms with Crippen molar-refractivity contribution in [2.45, 2.75) is 0 Å². The number of phenolic OH excluding ortho intramolecular Hbond substituents is 1. The summed E-state index contributed by atoms with van der Waals surface area (Å²) < 4.78 is 5.72. The van der Waals surface area contributed by atoms with E-state index in [0.29, 0.717) is 35.4 Å². The lowest BCUT2D eigenvalue weighted by Crippen LogP contribution is -2.19. The minimum atomic E-state index is 0.0616. The van der Waals surface area contributed by atoms with Crippen LogP contribution in [0, 0.1) is 0 Å². The predicted octanol–water partition coefficient (Wildman–Crippen LogP) is 4.52. The fourth-order valence-corrected chi connectivity index (χ4v) is 3.07. The smallest absolute Gasteiger partial charge is 0.167 e. The molecule has 0 spiro atoms. The van der Waals surface area contributed by atoms with Crippen LogP contribution in [0.3, 0.4) is 0 Å². The average Bonchev–Trinajstić information content (AvgIpc) is 2.80. The Bertz CT molecular complexity index is 1090. The van der Waals surface area contributed by atoms with Crippen molar-refractivity contribution >= 4 is 0 Å². The molecular formula is C25H24N4O2. The van der Waals surface area contributed by atoms with Gasteiger partial charge in [0.15, 0.2) is 17.5 Å². The Morgan fingerprint density at radius 1 is 0.742 bits per heavy atom. The summed E-state index contributed by atoms with van der Waals surface area (Å²) >= 11 is 0. The lowest BCUT2D eigenvalue weighted by Gasteiger charge is -2.12. The summed E-state index contributed by atoms with van der Waals surface area (Å²) in [5.41, 5.74) is 2.29. The van der Waals surface area contributed by atoms with Gasteiger partial charge in [-0.1, -0.05) is 60.7 Å². The molecule has 0 saturated heterocycles. The highest BCUT2D eigenvalue weighted by molar-refractivity contribution is 5.70. The van der Waals surface area contributed by atoms with Crippen LogP contribution in [0.25, 0.3) is 34.2 Å². The van der Waals surface area contributed by atoms with E-state index in [-0.39, 0.29) is 5.75 Å². The third kappa shape index (κ3) is 5.05. The van der Waals surface area contributed by atoms with Gasteiger partial charge in [0.25, 0.3) is 0 Å². The van der Waals surface area contributed by atoms with Gasteiger partial charge < -0.3 is 14.7 Å². The highest BCUT2D eigenvalue weighted by Gasteiger charge is 2.15. The van der Waals surface area contributed by atoms with Gasteiger partial charge in [-0.25, -0.2) is 15.0 Å². The third-order valence-electron chi connectivity index (χ3n) is 4.72. The maximum absolute atomic E-state index is 10.7. The summed E-state index contributed by atoms with van der Waals surface area (Å²) in [4.78, 5) is 16.0. The first kappa shape index (κ1) is 20.5. The summed E-state index contributed by atoms with van der Waals surface area (Å²) in [6.45, 7) is 1.32. The molecule has 4 rings (SSSR count). The van der Waals surface area contributed by atoms with Crippen LogP contribution in [-0.4, -0.2) is 52.2 Å². The second-order valence-electron chi connectivity index (χ2n) is 7.37. The number of nitrogens with zero attached hydrogens (tertiary/aromatic N) is 4. The van der Waals surface area contributed by atoms with Crippen molar-refractivity contribution < 1.29 is 9.84 Å². The molecule has 0 aliphatic rings. The molecule has 0 saturated carbocycles. The Morgan fingerprint density at radius 3 is 1.81 bits per heavy atom. The van der Waals surface area contributed by atoms with Gasteiger partial charge in [0.1, 0.15) is 18.1 Å². The van der Waals surface area contributed by atoms with Crippen molar-refractivity contribution in [1.29, 1.82) is 0 Å². The molecule has 4 aromatic rings. The SMILES string of the molecule is CN(C)CCOc1ccc(-c2nc(-c3ccccc3)nc(-c3ccccc3)n2)c(O)c1. The maximum Gasteiger partial charge on any atom is 0.167 e. The monoisotopic (exact) mass is 412 g/mol. The maximum atomic E-state index is 10.7. The van der Waals surface area contributed by atoms with Crippen molar-refractivity contribution in [3.63, 3.8) is 0 Å². The lowest BCUT2D eigenvalue weighted by molar-refractivity contribution is 0.260. The molecule has 31 heavy (non-hydrogen) atoms. The van der Waals surface area contributed by atoms with Crippen LogP contribution in [0.4, 0.5) is 0 Å². The number of aromatic hydroxyl groups is 1. The number of ether oxygens (including phenoxy) is 1. The molecule has 3 aromatic carbocycles. The van der Waals surface area contributed by atoms with Crippen molar-refractivity contribution in [2.75, 3.05) is 27.2 Å². The van der Waals surface area contributed by atoms with E-state index in [0.717, 1.165) is 17.7 Å². The summed E-state index contributed by atoms with van der Waals surface area (Å²) in [5.74, 6) is 2.17. The molecule has 0 unspecified atom stereocenters. The average molecular weight is 412 g/mol. The Morgan fingerprint density at radius 2 is 1.29 bits per heavy atom. The largest absolute Gasteiger partial charge is 0.507 e. The number of likely N-dealkylation sites (N-methyl/N-ethyl adjacent to an activating group) is 1. The molecular weight excluding hydrogens is 388 g/mol. The van der Waals surface area contributed by atoms with Crippen LogP contribution in [0.15, 0.2) is 78.9 Å². The van der Waals surface area contributed by atoms with Crippen LogP contribution < -0.4 is 4.74 Å². The summed E-state index contributed by atoms with van der Waals surface area (Å²) in [6, 6.07) is 24.7. The molecule has 0 radical (unpaired) electrons. The molecule has 1 heterocycles. The molecule has 1 N–H and O–H groups in total. The number of phenols is 1.